The highest BCUT2D eigenvalue weighted by atomic mass is 15.1. The molecule has 7 aromatic rings. The van der Waals surface area contributed by atoms with Crippen LogP contribution in [0.25, 0.3) is 44.5 Å². The molecule has 1 heteroatoms. The second kappa shape index (κ2) is 11.9. The lowest BCUT2D eigenvalue weighted by molar-refractivity contribution is 0.590. The summed E-state index contributed by atoms with van der Waals surface area (Å²) < 4.78 is 0. The van der Waals surface area contributed by atoms with E-state index in [1.165, 1.54) is 72.3 Å². The fourth-order valence-corrected chi connectivity index (χ4v) is 9.22. The predicted octanol–water partition coefficient (Wildman–Crippen LogP) is 14.4. The van der Waals surface area contributed by atoms with Gasteiger partial charge in [0.2, 0.25) is 0 Å². The molecule has 0 aliphatic heterocycles. The van der Waals surface area contributed by atoms with Crippen LogP contribution >= 0.6 is 0 Å². The number of anilines is 3. The zero-order valence-electron chi connectivity index (χ0n) is 32.0. The van der Waals surface area contributed by atoms with Crippen molar-refractivity contribution in [2.24, 2.45) is 0 Å². The first-order valence-electron chi connectivity index (χ1n) is 19.0. The van der Waals surface area contributed by atoms with Gasteiger partial charge in [0, 0.05) is 27.8 Å². The van der Waals surface area contributed by atoms with Crippen LogP contribution in [0.1, 0.15) is 76.3 Å². The molecule has 1 nitrogen and oxygen atoms in total. The number of benzene rings is 7. The molecule has 0 heterocycles. The lowest BCUT2D eigenvalue weighted by Gasteiger charge is -2.30. The summed E-state index contributed by atoms with van der Waals surface area (Å²) in [5, 5.41) is 0. The van der Waals surface area contributed by atoms with Gasteiger partial charge in [0.15, 0.2) is 0 Å². The van der Waals surface area contributed by atoms with Crippen LogP contribution in [-0.2, 0) is 16.2 Å². The fourth-order valence-electron chi connectivity index (χ4n) is 9.22. The summed E-state index contributed by atoms with van der Waals surface area (Å²) in [5.74, 6) is 0. The van der Waals surface area contributed by atoms with Gasteiger partial charge in [-0.05, 0) is 103 Å². The number of hydrogen-bond donors (Lipinski definition) is 0. The number of fused-ring (bicyclic) bond motifs is 6. The summed E-state index contributed by atoms with van der Waals surface area (Å²) in [7, 11) is 0. The summed E-state index contributed by atoms with van der Waals surface area (Å²) in [6.45, 7) is 16.3. The molecule has 0 fully saturated rings. The Morgan fingerprint density at radius 3 is 1.66 bits per heavy atom. The summed E-state index contributed by atoms with van der Waals surface area (Å²) in [6, 6.07) is 59.1. The second-order valence-electron chi connectivity index (χ2n) is 17.0. The van der Waals surface area contributed by atoms with Crippen molar-refractivity contribution in [3.8, 4) is 44.5 Å². The quantitative estimate of drug-likeness (QED) is 0.174. The lowest BCUT2D eigenvalue weighted by atomic mass is 9.79. The first kappa shape index (κ1) is 33.2. The molecule has 7 aromatic carbocycles. The minimum absolute atomic E-state index is 0.0901. The zero-order chi connectivity index (χ0) is 36.7. The van der Waals surface area contributed by atoms with E-state index in [9.17, 15) is 0 Å². The Morgan fingerprint density at radius 1 is 0.396 bits per heavy atom. The molecule has 2 aliphatic rings. The van der Waals surface area contributed by atoms with Crippen molar-refractivity contribution >= 4 is 17.1 Å². The largest absolute Gasteiger partial charge is 0.310 e. The van der Waals surface area contributed by atoms with Crippen molar-refractivity contribution in [3.05, 3.63) is 186 Å². The van der Waals surface area contributed by atoms with Gasteiger partial charge in [0.05, 0.1) is 5.69 Å². The van der Waals surface area contributed by atoms with E-state index in [1.807, 2.05) is 0 Å². The first-order valence-corrected chi connectivity index (χ1v) is 19.0. The van der Waals surface area contributed by atoms with Gasteiger partial charge in [-0.25, -0.2) is 0 Å². The highest BCUT2D eigenvalue weighted by Crippen LogP contribution is 2.54. The standard InChI is InChI=1S/C52H47N/c1-50(2,3)36-28-26-34(27-29-36)39-18-10-13-25-48(39)53(38-30-31-43-41-19-8-11-23-45(41)51(4,5)47(43)33-38)37-17-14-16-35(32-37)40-21-15-22-44-42-20-9-12-24-46(42)52(6,7)49(40)44/h8-33H,1-7H3. The Bertz CT molecular complexity index is 2540. The Kier molecular flexibility index (Phi) is 7.48. The van der Waals surface area contributed by atoms with Gasteiger partial charge in [-0.2, -0.15) is 0 Å². The van der Waals surface area contributed by atoms with Crippen LogP contribution in [0.5, 0.6) is 0 Å². The van der Waals surface area contributed by atoms with Crippen LogP contribution in [0.15, 0.2) is 158 Å². The minimum Gasteiger partial charge on any atom is -0.310 e. The van der Waals surface area contributed by atoms with Gasteiger partial charge in [0.1, 0.15) is 0 Å². The van der Waals surface area contributed by atoms with E-state index in [-0.39, 0.29) is 16.2 Å². The molecular weight excluding hydrogens is 639 g/mol. The summed E-state index contributed by atoms with van der Waals surface area (Å²) in [4.78, 5) is 2.49. The van der Waals surface area contributed by atoms with Gasteiger partial charge in [-0.15, -0.1) is 0 Å². The third-order valence-corrected chi connectivity index (χ3v) is 12.0. The highest BCUT2D eigenvalue weighted by molar-refractivity contribution is 5.93. The molecule has 0 bridgehead atoms. The molecule has 0 unspecified atom stereocenters. The fraction of sp³-hybridized carbons (Fsp3) is 0.192. The third kappa shape index (κ3) is 5.20. The normalized spacial score (nSPS) is 14.6. The maximum atomic E-state index is 2.49. The van der Waals surface area contributed by atoms with Crippen LogP contribution in [0, 0.1) is 0 Å². The summed E-state index contributed by atoms with van der Waals surface area (Å²) in [6.07, 6.45) is 0. The summed E-state index contributed by atoms with van der Waals surface area (Å²) in [5.41, 5.74) is 20.5. The van der Waals surface area contributed by atoms with E-state index in [0.717, 1.165) is 17.1 Å². The van der Waals surface area contributed by atoms with Crippen LogP contribution < -0.4 is 4.90 Å². The lowest BCUT2D eigenvalue weighted by Crippen LogP contribution is -2.17. The Hall–Kier alpha value is -5.66. The molecule has 2 aliphatic carbocycles. The molecule has 0 aromatic heterocycles. The molecule has 0 spiro atoms. The Labute approximate surface area is 315 Å². The Morgan fingerprint density at radius 2 is 0.943 bits per heavy atom. The first-order chi connectivity index (χ1) is 25.4. The molecule has 0 N–H and O–H groups in total. The van der Waals surface area contributed by atoms with E-state index in [2.05, 4.69) is 211 Å². The van der Waals surface area contributed by atoms with Crippen LogP contribution in [0.4, 0.5) is 17.1 Å². The third-order valence-electron chi connectivity index (χ3n) is 12.0. The van der Waals surface area contributed by atoms with Crippen molar-refractivity contribution in [2.45, 2.75) is 64.7 Å². The van der Waals surface area contributed by atoms with Crippen molar-refractivity contribution in [1.82, 2.24) is 0 Å². The van der Waals surface area contributed by atoms with Crippen LogP contribution in [-0.4, -0.2) is 0 Å². The topological polar surface area (TPSA) is 3.24 Å². The van der Waals surface area contributed by atoms with Crippen LogP contribution in [0.2, 0.25) is 0 Å². The Balaban J connectivity index is 1.24. The van der Waals surface area contributed by atoms with Crippen LogP contribution in [0.3, 0.4) is 0 Å². The molecule has 0 atom stereocenters. The van der Waals surface area contributed by atoms with Crippen molar-refractivity contribution in [1.29, 1.82) is 0 Å². The number of hydrogen-bond acceptors (Lipinski definition) is 1. The molecule has 0 saturated carbocycles. The predicted molar refractivity (Wildman–Crippen MR) is 226 cm³/mol. The van der Waals surface area contributed by atoms with Gasteiger partial charge >= 0.3 is 0 Å². The minimum atomic E-state index is -0.108. The maximum Gasteiger partial charge on any atom is 0.0540 e. The average Bonchev–Trinajstić information content (AvgIpc) is 3.55. The molecule has 53 heavy (non-hydrogen) atoms. The van der Waals surface area contributed by atoms with E-state index in [0.29, 0.717) is 0 Å². The van der Waals surface area contributed by atoms with Gasteiger partial charge in [0.25, 0.3) is 0 Å². The van der Waals surface area contributed by atoms with E-state index in [1.54, 1.807) is 0 Å². The monoisotopic (exact) mass is 685 g/mol. The smallest absolute Gasteiger partial charge is 0.0540 e. The number of rotatable bonds is 5. The maximum absolute atomic E-state index is 2.49. The number of nitrogens with zero attached hydrogens (tertiary/aromatic N) is 1. The van der Waals surface area contributed by atoms with E-state index in [4.69, 9.17) is 0 Å². The molecule has 0 radical (unpaired) electrons. The van der Waals surface area contributed by atoms with Crippen molar-refractivity contribution in [2.75, 3.05) is 4.90 Å². The van der Waals surface area contributed by atoms with Gasteiger partial charge in [-0.3, -0.25) is 0 Å². The van der Waals surface area contributed by atoms with Gasteiger partial charge < -0.3 is 4.90 Å². The molecule has 260 valence electrons. The van der Waals surface area contributed by atoms with E-state index < -0.39 is 0 Å². The van der Waals surface area contributed by atoms with Crippen molar-refractivity contribution < 1.29 is 0 Å². The molecule has 0 saturated heterocycles. The number of para-hydroxylation sites is 1. The SMILES string of the molecule is CC(C)(C)c1ccc(-c2ccccc2N(c2cccc(-c3cccc4c3C(C)(C)c3ccccc3-4)c2)c2ccc3c(c2)C(C)(C)c2ccccc2-3)cc1. The van der Waals surface area contributed by atoms with Crippen molar-refractivity contribution in [3.63, 3.8) is 0 Å². The second-order valence-corrected chi connectivity index (χ2v) is 17.0. The highest BCUT2D eigenvalue weighted by Gasteiger charge is 2.38. The zero-order valence-corrected chi connectivity index (χ0v) is 32.0. The molecule has 0 amide bonds. The average molecular weight is 686 g/mol. The molecular formula is C52H47N. The van der Waals surface area contributed by atoms with E-state index >= 15 is 0 Å². The summed E-state index contributed by atoms with van der Waals surface area (Å²) >= 11 is 0. The van der Waals surface area contributed by atoms with Gasteiger partial charge in [-0.1, -0.05) is 176 Å². The molecule has 9 rings (SSSR count).